The van der Waals surface area contributed by atoms with Gasteiger partial charge in [0, 0.05) is 12.1 Å². The molecule has 18 heavy (non-hydrogen) atoms. The van der Waals surface area contributed by atoms with E-state index in [0.717, 1.165) is 16.7 Å². The molecule has 2 aromatic carbocycles. The van der Waals surface area contributed by atoms with Crippen LogP contribution in [0, 0.1) is 0 Å². The number of hydrogen-bond acceptors (Lipinski definition) is 2. The van der Waals surface area contributed by atoms with Crippen molar-refractivity contribution in [2.45, 2.75) is 6.54 Å². The second-order valence-corrected chi connectivity index (χ2v) is 4.13. The molecular formula is C14H15Cl2NO. The maximum Gasteiger partial charge on any atom is 0.145 e. The van der Waals surface area contributed by atoms with Crippen LogP contribution in [0.3, 0.4) is 0 Å². The fourth-order valence-electron chi connectivity index (χ4n) is 1.76. The van der Waals surface area contributed by atoms with E-state index in [2.05, 4.69) is 0 Å². The molecule has 0 spiro atoms. The number of methoxy groups -OCH3 is 1. The van der Waals surface area contributed by atoms with Crippen LogP contribution in [0.5, 0.6) is 5.75 Å². The number of benzene rings is 2. The van der Waals surface area contributed by atoms with Gasteiger partial charge in [0.2, 0.25) is 0 Å². The third-order valence-electron chi connectivity index (χ3n) is 2.67. The van der Waals surface area contributed by atoms with Gasteiger partial charge in [-0.05, 0) is 17.2 Å². The van der Waals surface area contributed by atoms with E-state index in [1.165, 1.54) is 0 Å². The van der Waals surface area contributed by atoms with E-state index in [0.29, 0.717) is 17.3 Å². The van der Waals surface area contributed by atoms with E-state index >= 15 is 0 Å². The van der Waals surface area contributed by atoms with Crippen LogP contribution < -0.4 is 10.5 Å². The van der Waals surface area contributed by atoms with Crippen LogP contribution in [0.1, 0.15) is 5.56 Å². The lowest BCUT2D eigenvalue weighted by Gasteiger charge is -2.10. The summed E-state index contributed by atoms with van der Waals surface area (Å²) in [6.45, 7) is 0.549. The summed E-state index contributed by atoms with van der Waals surface area (Å²) in [7, 11) is 1.62. The topological polar surface area (TPSA) is 35.2 Å². The molecule has 2 N–H and O–H groups in total. The zero-order valence-electron chi connectivity index (χ0n) is 10.0. The fraction of sp³-hybridized carbons (Fsp3) is 0.143. The minimum atomic E-state index is 0. The highest BCUT2D eigenvalue weighted by atomic mass is 35.5. The van der Waals surface area contributed by atoms with Gasteiger partial charge in [0.15, 0.2) is 0 Å². The molecule has 0 saturated carbocycles. The van der Waals surface area contributed by atoms with Crippen LogP contribution in [0.25, 0.3) is 11.1 Å². The Kier molecular flexibility index (Phi) is 5.48. The summed E-state index contributed by atoms with van der Waals surface area (Å²) in [6, 6.07) is 13.8. The van der Waals surface area contributed by atoms with Crippen molar-refractivity contribution < 1.29 is 4.74 Å². The summed E-state index contributed by atoms with van der Waals surface area (Å²) in [4.78, 5) is 0. The van der Waals surface area contributed by atoms with Crippen LogP contribution >= 0.6 is 24.0 Å². The van der Waals surface area contributed by atoms with Crippen LogP contribution in [0.4, 0.5) is 0 Å². The van der Waals surface area contributed by atoms with E-state index in [4.69, 9.17) is 22.1 Å². The number of halogens is 2. The second-order valence-electron chi connectivity index (χ2n) is 3.72. The normalized spacial score (nSPS) is 9.72. The van der Waals surface area contributed by atoms with Gasteiger partial charge in [-0.2, -0.15) is 0 Å². The zero-order valence-corrected chi connectivity index (χ0v) is 11.6. The molecule has 0 bridgehead atoms. The van der Waals surface area contributed by atoms with Crippen molar-refractivity contribution in [3.63, 3.8) is 0 Å². The third-order valence-corrected chi connectivity index (χ3v) is 2.97. The number of rotatable bonds is 3. The first-order chi connectivity index (χ1) is 8.26. The maximum atomic E-state index is 6.09. The highest BCUT2D eigenvalue weighted by Gasteiger charge is 2.08. The molecular weight excluding hydrogens is 269 g/mol. The summed E-state index contributed by atoms with van der Waals surface area (Å²) in [5, 5.41) is 0.618. The summed E-state index contributed by atoms with van der Waals surface area (Å²) in [5.41, 5.74) is 8.74. The number of nitrogens with two attached hydrogens (primary N) is 1. The van der Waals surface area contributed by atoms with Crippen molar-refractivity contribution in [3.05, 3.63) is 53.1 Å². The Hall–Kier alpha value is -1.22. The predicted octanol–water partition coefficient (Wildman–Crippen LogP) is 3.90. The lowest BCUT2D eigenvalue weighted by Crippen LogP contribution is -1.95. The van der Waals surface area contributed by atoms with Gasteiger partial charge in [0.1, 0.15) is 5.75 Å². The Balaban J connectivity index is 0.00000162. The van der Waals surface area contributed by atoms with Crippen LogP contribution in [0.15, 0.2) is 42.5 Å². The van der Waals surface area contributed by atoms with Gasteiger partial charge >= 0.3 is 0 Å². The zero-order chi connectivity index (χ0) is 12.3. The second kappa shape index (κ2) is 6.64. The Morgan fingerprint density at radius 2 is 1.78 bits per heavy atom. The smallest absolute Gasteiger partial charge is 0.145 e. The van der Waals surface area contributed by atoms with E-state index in [-0.39, 0.29) is 12.4 Å². The van der Waals surface area contributed by atoms with Gasteiger partial charge < -0.3 is 10.5 Å². The first-order valence-corrected chi connectivity index (χ1v) is 5.76. The van der Waals surface area contributed by atoms with E-state index < -0.39 is 0 Å². The molecule has 0 unspecified atom stereocenters. The SMILES string of the molecule is COc1c(Cl)cccc1-c1ccc(CN)cc1.Cl. The van der Waals surface area contributed by atoms with E-state index in [1.54, 1.807) is 7.11 Å². The van der Waals surface area contributed by atoms with Crippen molar-refractivity contribution in [2.24, 2.45) is 5.73 Å². The summed E-state index contributed by atoms with van der Waals surface area (Å²) in [5.74, 6) is 0.703. The molecule has 0 saturated heterocycles. The van der Waals surface area contributed by atoms with Crippen LogP contribution in [-0.4, -0.2) is 7.11 Å². The van der Waals surface area contributed by atoms with Gasteiger partial charge in [0.05, 0.1) is 12.1 Å². The van der Waals surface area contributed by atoms with Gasteiger partial charge in [-0.25, -0.2) is 0 Å². The number of hydrogen-bond donors (Lipinski definition) is 1. The molecule has 96 valence electrons. The molecule has 2 nitrogen and oxygen atoms in total. The third kappa shape index (κ3) is 2.96. The van der Waals surface area contributed by atoms with Gasteiger partial charge in [0.25, 0.3) is 0 Å². The van der Waals surface area contributed by atoms with Crippen molar-refractivity contribution in [3.8, 4) is 16.9 Å². The minimum Gasteiger partial charge on any atom is -0.495 e. The first kappa shape index (κ1) is 14.8. The lowest BCUT2D eigenvalue weighted by atomic mass is 10.0. The number of para-hydroxylation sites is 1. The first-order valence-electron chi connectivity index (χ1n) is 5.38. The molecule has 2 rings (SSSR count). The molecule has 0 atom stereocenters. The van der Waals surface area contributed by atoms with Crippen molar-refractivity contribution >= 4 is 24.0 Å². The highest BCUT2D eigenvalue weighted by molar-refractivity contribution is 6.32. The van der Waals surface area contributed by atoms with Crippen LogP contribution in [-0.2, 0) is 6.54 Å². The Labute approximate surface area is 118 Å². The molecule has 0 heterocycles. The highest BCUT2D eigenvalue weighted by Crippen LogP contribution is 2.35. The Bertz CT molecular complexity index is 512. The van der Waals surface area contributed by atoms with Gasteiger partial charge in [-0.15, -0.1) is 12.4 Å². The van der Waals surface area contributed by atoms with Crippen molar-refractivity contribution in [2.75, 3.05) is 7.11 Å². The standard InChI is InChI=1S/C14H14ClNO.ClH/c1-17-14-12(3-2-4-13(14)15)11-7-5-10(9-16)6-8-11;/h2-8H,9,16H2,1H3;1H. The molecule has 2 aromatic rings. The van der Waals surface area contributed by atoms with Crippen LogP contribution in [0.2, 0.25) is 5.02 Å². The quantitative estimate of drug-likeness (QED) is 0.927. The van der Waals surface area contributed by atoms with Crippen molar-refractivity contribution in [1.29, 1.82) is 0 Å². The van der Waals surface area contributed by atoms with E-state index in [9.17, 15) is 0 Å². The molecule has 0 radical (unpaired) electrons. The van der Waals surface area contributed by atoms with Gasteiger partial charge in [-0.1, -0.05) is 48.0 Å². The van der Waals surface area contributed by atoms with Crippen molar-refractivity contribution in [1.82, 2.24) is 0 Å². The average Bonchev–Trinajstić information content (AvgIpc) is 2.38. The molecule has 0 aliphatic heterocycles. The Morgan fingerprint density at radius 1 is 1.11 bits per heavy atom. The monoisotopic (exact) mass is 283 g/mol. The van der Waals surface area contributed by atoms with E-state index in [1.807, 2.05) is 42.5 Å². The number of ether oxygens (including phenoxy) is 1. The Morgan fingerprint density at radius 3 is 2.33 bits per heavy atom. The summed E-state index contributed by atoms with van der Waals surface area (Å²) in [6.07, 6.45) is 0. The molecule has 0 aliphatic rings. The molecule has 0 aliphatic carbocycles. The molecule has 4 heteroatoms. The minimum absolute atomic E-state index is 0. The summed E-state index contributed by atoms with van der Waals surface area (Å²) < 4.78 is 5.33. The average molecular weight is 284 g/mol. The predicted molar refractivity (Wildman–Crippen MR) is 78.6 cm³/mol. The molecule has 0 amide bonds. The largest absolute Gasteiger partial charge is 0.495 e. The summed E-state index contributed by atoms with van der Waals surface area (Å²) >= 11 is 6.09. The molecule has 0 aromatic heterocycles. The molecule has 0 fully saturated rings. The van der Waals surface area contributed by atoms with Gasteiger partial charge in [-0.3, -0.25) is 0 Å². The maximum absolute atomic E-state index is 6.09. The fourth-order valence-corrected chi connectivity index (χ4v) is 2.02. The lowest BCUT2D eigenvalue weighted by molar-refractivity contribution is 0.416.